The van der Waals surface area contributed by atoms with Gasteiger partial charge in [-0.05, 0) is 73.6 Å². The Kier molecular flexibility index (Phi) is 8.46. The summed E-state index contributed by atoms with van der Waals surface area (Å²) in [6.45, 7) is 0. The molecule has 3 heterocycles. The molecule has 0 amide bonds. The molecule has 0 unspecified atom stereocenters. The van der Waals surface area contributed by atoms with Gasteiger partial charge in [0.05, 0.1) is 22.2 Å². The largest absolute Gasteiger partial charge is 0.256 e. The Labute approximate surface area is 358 Å². The molecule has 3 aromatic heterocycles. The second-order valence-electron chi connectivity index (χ2n) is 15.8. The summed E-state index contributed by atoms with van der Waals surface area (Å²) in [5.41, 5.74) is 14.6. The van der Waals surface area contributed by atoms with Crippen molar-refractivity contribution in [2.75, 3.05) is 0 Å². The molecule has 12 aromatic rings. The molecule has 0 bridgehead atoms. The standard InChI is InChI=1S/C58H36N4/c1-3-14-40(15-4-1)50-35-44-34-43(31-32-52(44)61-55(50)41-18-5-2-6-19-41)37-27-29-42(30-28-37)58-60-36-51-49-26-13-33-59-56(49)53(47-24-11-20-38-16-7-9-22-45(38)47)54(57(51)62-58)48-25-12-21-39-17-8-10-23-46(39)48/h1-36H. The number of benzene rings is 9. The maximum absolute atomic E-state index is 5.51. The van der Waals surface area contributed by atoms with Gasteiger partial charge in [0.25, 0.3) is 0 Å². The van der Waals surface area contributed by atoms with Crippen molar-refractivity contribution in [1.82, 2.24) is 19.9 Å². The van der Waals surface area contributed by atoms with Gasteiger partial charge in [-0.15, -0.1) is 0 Å². The van der Waals surface area contributed by atoms with E-state index in [4.69, 9.17) is 19.9 Å². The first-order valence-corrected chi connectivity index (χ1v) is 21.0. The van der Waals surface area contributed by atoms with Crippen molar-refractivity contribution in [2.24, 2.45) is 0 Å². The zero-order valence-corrected chi connectivity index (χ0v) is 33.6. The molecule has 0 aliphatic rings. The molecule has 0 spiro atoms. The van der Waals surface area contributed by atoms with E-state index in [1.807, 2.05) is 24.5 Å². The highest BCUT2D eigenvalue weighted by Gasteiger charge is 2.23. The zero-order valence-electron chi connectivity index (χ0n) is 33.6. The fraction of sp³-hybridized carbons (Fsp3) is 0. The molecule has 9 aromatic carbocycles. The number of hydrogen-bond acceptors (Lipinski definition) is 4. The molecule has 0 saturated heterocycles. The second-order valence-corrected chi connectivity index (χ2v) is 15.8. The van der Waals surface area contributed by atoms with Crippen molar-refractivity contribution in [3.05, 3.63) is 219 Å². The normalized spacial score (nSPS) is 11.5. The van der Waals surface area contributed by atoms with Gasteiger partial charge in [0, 0.05) is 56.4 Å². The van der Waals surface area contributed by atoms with Crippen LogP contribution in [0.5, 0.6) is 0 Å². The fourth-order valence-electron chi connectivity index (χ4n) is 9.20. The van der Waals surface area contributed by atoms with Gasteiger partial charge in [-0.1, -0.05) is 182 Å². The Morgan fingerprint density at radius 2 is 0.887 bits per heavy atom. The van der Waals surface area contributed by atoms with E-state index in [2.05, 4.69) is 194 Å². The summed E-state index contributed by atoms with van der Waals surface area (Å²) in [5, 5.41) is 7.76. The molecule has 4 heteroatoms. The third-order valence-electron chi connectivity index (χ3n) is 12.2. The number of fused-ring (bicyclic) bond motifs is 6. The molecular formula is C58H36N4. The van der Waals surface area contributed by atoms with Crippen molar-refractivity contribution < 1.29 is 0 Å². The maximum atomic E-state index is 5.51. The summed E-state index contributed by atoms with van der Waals surface area (Å²) in [4.78, 5) is 20.9. The average Bonchev–Trinajstić information content (AvgIpc) is 3.35. The number of nitrogens with zero attached hydrogens (tertiary/aromatic N) is 4. The number of aromatic nitrogens is 4. The SMILES string of the molecule is c1ccc(-c2cc3cc(-c4ccc(-c5ncc6c(n5)c(-c5cccc7ccccc57)c(-c5cccc7ccccc57)c5ncccc56)cc4)ccc3nc2-c2ccccc2)cc1. The summed E-state index contributed by atoms with van der Waals surface area (Å²) < 4.78 is 0. The minimum Gasteiger partial charge on any atom is -0.256 e. The Morgan fingerprint density at radius 1 is 0.306 bits per heavy atom. The minimum atomic E-state index is 0.668. The van der Waals surface area contributed by atoms with E-state index in [1.54, 1.807) is 0 Å². The lowest BCUT2D eigenvalue weighted by Crippen LogP contribution is -1.98. The summed E-state index contributed by atoms with van der Waals surface area (Å²) in [5.74, 6) is 0.668. The van der Waals surface area contributed by atoms with Crippen LogP contribution in [0.3, 0.4) is 0 Å². The van der Waals surface area contributed by atoms with Gasteiger partial charge in [0.1, 0.15) is 0 Å². The molecule has 4 nitrogen and oxygen atoms in total. The predicted molar refractivity (Wildman–Crippen MR) is 258 cm³/mol. The number of hydrogen-bond donors (Lipinski definition) is 0. The van der Waals surface area contributed by atoms with E-state index < -0.39 is 0 Å². The maximum Gasteiger partial charge on any atom is 0.159 e. The van der Waals surface area contributed by atoms with Crippen LogP contribution in [0, 0.1) is 0 Å². The zero-order chi connectivity index (χ0) is 41.0. The average molecular weight is 789 g/mol. The summed E-state index contributed by atoms with van der Waals surface area (Å²) in [6, 6.07) is 72.8. The highest BCUT2D eigenvalue weighted by Crippen LogP contribution is 2.47. The fourth-order valence-corrected chi connectivity index (χ4v) is 9.20. The van der Waals surface area contributed by atoms with Crippen LogP contribution in [0.1, 0.15) is 0 Å². The topological polar surface area (TPSA) is 51.6 Å². The van der Waals surface area contributed by atoms with Crippen LogP contribution in [0.25, 0.3) is 121 Å². The predicted octanol–water partition coefficient (Wildman–Crippen LogP) is 15.0. The van der Waals surface area contributed by atoms with Crippen molar-refractivity contribution >= 4 is 54.3 Å². The van der Waals surface area contributed by atoms with Crippen molar-refractivity contribution in [1.29, 1.82) is 0 Å². The molecule has 0 N–H and O–H groups in total. The summed E-state index contributed by atoms with van der Waals surface area (Å²) in [6.07, 6.45) is 3.88. The highest BCUT2D eigenvalue weighted by molar-refractivity contribution is 6.23. The van der Waals surface area contributed by atoms with E-state index in [0.29, 0.717) is 5.82 Å². The van der Waals surface area contributed by atoms with Crippen molar-refractivity contribution in [2.45, 2.75) is 0 Å². The van der Waals surface area contributed by atoms with E-state index in [-0.39, 0.29) is 0 Å². The van der Waals surface area contributed by atoms with Crippen LogP contribution >= 0.6 is 0 Å². The third-order valence-corrected chi connectivity index (χ3v) is 12.2. The smallest absolute Gasteiger partial charge is 0.159 e. The van der Waals surface area contributed by atoms with Gasteiger partial charge >= 0.3 is 0 Å². The van der Waals surface area contributed by atoms with E-state index >= 15 is 0 Å². The molecule has 0 fully saturated rings. The van der Waals surface area contributed by atoms with Crippen molar-refractivity contribution in [3.63, 3.8) is 0 Å². The minimum absolute atomic E-state index is 0.668. The summed E-state index contributed by atoms with van der Waals surface area (Å²) >= 11 is 0. The molecule has 0 radical (unpaired) electrons. The van der Waals surface area contributed by atoms with Gasteiger partial charge in [0.2, 0.25) is 0 Å². The van der Waals surface area contributed by atoms with Gasteiger partial charge in [-0.2, -0.15) is 0 Å². The molecule has 12 rings (SSSR count). The van der Waals surface area contributed by atoms with E-state index in [1.165, 1.54) is 16.2 Å². The lowest BCUT2D eigenvalue weighted by Gasteiger charge is -2.19. The first-order chi connectivity index (χ1) is 30.7. The van der Waals surface area contributed by atoms with Crippen molar-refractivity contribution in [3.8, 4) is 67.2 Å². The Morgan fingerprint density at radius 3 is 1.60 bits per heavy atom. The van der Waals surface area contributed by atoms with Crippen LogP contribution in [-0.4, -0.2) is 19.9 Å². The molecule has 62 heavy (non-hydrogen) atoms. The Bertz CT molecular complexity index is 3660. The quantitative estimate of drug-likeness (QED) is 0.158. The van der Waals surface area contributed by atoms with Crippen LogP contribution in [-0.2, 0) is 0 Å². The van der Waals surface area contributed by atoms with Gasteiger partial charge in [-0.3, -0.25) is 4.98 Å². The Balaban J connectivity index is 1.02. The van der Waals surface area contributed by atoms with Gasteiger partial charge in [0.15, 0.2) is 5.82 Å². The molecule has 0 saturated carbocycles. The van der Waals surface area contributed by atoms with Gasteiger partial charge in [-0.25, -0.2) is 15.0 Å². The van der Waals surface area contributed by atoms with Crippen LogP contribution < -0.4 is 0 Å². The van der Waals surface area contributed by atoms with E-state index in [0.717, 1.165) is 99.4 Å². The molecule has 0 aliphatic carbocycles. The molecule has 288 valence electrons. The molecular weight excluding hydrogens is 753 g/mol. The lowest BCUT2D eigenvalue weighted by molar-refractivity contribution is 1.23. The second kappa shape index (κ2) is 14.7. The third kappa shape index (κ3) is 6.00. The van der Waals surface area contributed by atoms with Crippen LogP contribution in [0.15, 0.2) is 219 Å². The number of pyridine rings is 2. The monoisotopic (exact) mass is 788 g/mol. The van der Waals surface area contributed by atoms with E-state index in [9.17, 15) is 0 Å². The van der Waals surface area contributed by atoms with Gasteiger partial charge < -0.3 is 0 Å². The van der Waals surface area contributed by atoms with Crippen LogP contribution in [0.4, 0.5) is 0 Å². The molecule has 0 aliphatic heterocycles. The first kappa shape index (κ1) is 35.6. The first-order valence-electron chi connectivity index (χ1n) is 21.0. The summed E-state index contributed by atoms with van der Waals surface area (Å²) in [7, 11) is 0. The lowest BCUT2D eigenvalue weighted by atomic mass is 9.85. The molecule has 0 atom stereocenters. The Hall–Kier alpha value is -8.34. The van der Waals surface area contributed by atoms with Crippen LogP contribution in [0.2, 0.25) is 0 Å². The highest BCUT2D eigenvalue weighted by atomic mass is 14.9. The number of rotatable bonds is 6.